The highest BCUT2D eigenvalue weighted by atomic mass is 32.2. The molecule has 8 heteroatoms. The third-order valence-electron chi connectivity index (χ3n) is 2.50. The lowest BCUT2D eigenvalue weighted by Crippen LogP contribution is -2.43. The molecule has 0 amide bonds. The zero-order valence-corrected chi connectivity index (χ0v) is 12.6. The van der Waals surface area contributed by atoms with E-state index in [9.17, 15) is 13.2 Å². The maximum absolute atomic E-state index is 12.0. The molecule has 0 unspecified atom stereocenters. The zero-order chi connectivity index (χ0) is 16.0. The van der Waals surface area contributed by atoms with E-state index in [0.29, 0.717) is 18.3 Å². The van der Waals surface area contributed by atoms with E-state index in [-0.39, 0.29) is 4.90 Å². The minimum absolute atomic E-state index is 0.0981. The van der Waals surface area contributed by atoms with Gasteiger partial charge < -0.3 is 14.9 Å². The molecule has 7 nitrogen and oxygen atoms in total. The number of rotatable bonds is 8. The van der Waals surface area contributed by atoms with Crippen molar-refractivity contribution in [2.24, 2.45) is 5.92 Å². The number of nitrogens with one attached hydrogen (secondary N) is 1. The fourth-order valence-corrected chi connectivity index (χ4v) is 2.58. The molecule has 1 atom stereocenters. The van der Waals surface area contributed by atoms with Crippen LogP contribution in [0.25, 0.3) is 0 Å². The SMILES string of the molecule is CC(C)COc1ccc(S(=O)(=O)N[C@H](CO)C(=O)O)cc1. The van der Waals surface area contributed by atoms with Gasteiger partial charge in [0.1, 0.15) is 11.8 Å². The molecule has 0 radical (unpaired) electrons. The molecule has 3 N–H and O–H groups in total. The van der Waals surface area contributed by atoms with E-state index >= 15 is 0 Å². The fraction of sp³-hybridized carbons (Fsp3) is 0.462. The second-order valence-electron chi connectivity index (χ2n) is 4.87. The molecule has 0 saturated carbocycles. The molecule has 0 bridgehead atoms. The molecule has 0 spiro atoms. The molecular formula is C13H19NO6S. The molecule has 0 aliphatic heterocycles. The van der Waals surface area contributed by atoms with Crippen molar-refractivity contribution < 1.29 is 28.2 Å². The van der Waals surface area contributed by atoms with Crippen LogP contribution in [0.15, 0.2) is 29.2 Å². The van der Waals surface area contributed by atoms with Crippen molar-refractivity contribution in [2.45, 2.75) is 24.8 Å². The zero-order valence-electron chi connectivity index (χ0n) is 11.8. The summed E-state index contributed by atoms with van der Waals surface area (Å²) in [4.78, 5) is 10.6. The summed E-state index contributed by atoms with van der Waals surface area (Å²) in [6, 6.07) is 4.03. The van der Waals surface area contributed by atoms with Crippen molar-refractivity contribution in [2.75, 3.05) is 13.2 Å². The highest BCUT2D eigenvalue weighted by Gasteiger charge is 2.24. The predicted molar refractivity (Wildman–Crippen MR) is 75.6 cm³/mol. The average molecular weight is 317 g/mol. The van der Waals surface area contributed by atoms with Gasteiger partial charge in [-0.05, 0) is 30.2 Å². The lowest BCUT2D eigenvalue weighted by atomic mass is 10.2. The van der Waals surface area contributed by atoms with Gasteiger partial charge in [-0.1, -0.05) is 13.8 Å². The summed E-state index contributed by atoms with van der Waals surface area (Å²) in [5.41, 5.74) is 0. The van der Waals surface area contributed by atoms with Gasteiger partial charge in [0, 0.05) is 0 Å². The number of sulfonamides is 1. The molecule has 0 aliphatic rings. The highest BCUT2D eigenvalue weighted by Crippen LogP contribution is 2.16. The molecular weight excluding hydrogens is 298 g/mol. The average Bonchev–Trinajstić information content (AvgIpc) is 2.42. The van der Waals surface area contributed by atoms with Crippen LogP contribution in [0.5, 0.6) is 5.75 Å². The standard InChI is InChI=1S/C13H19NO6S/c1-9(2)8-20-10-3-5-11(6-4-10)21(18,19)14-12(7-15)13(16)17/h3-6,9,12,14-15H,7-8H2,1-2H3,(H,16,17)/t12-/m1/s1. The summed E-state index contributed by atoms with van der Waals surface area (Å²) in [6.45, 7) is 3.66. The monoisotopic (exact) mass is 317 g/mol. The Bertz CT molecular complexity index is 567. The number of carboxylic acid groups (broad SMARTS) is 1. The van der Waals surface area contributed by atoms with Crippen molar-refractivity contribution >= 4 is 16.0 Å². The maximum Gasteiger partial charge on any atom is 0.324 e. The van der Waals surface area contributed by atoms with Crippen LogP contribution < -0.4 is 9.46 Å². The minimum Gasteiger partial charge on any atom is -0.493 e. The van der Waals surface area contributed by atoms with E-state index in [1.165, 1.54) is 24.3 Å². The number of ether oxygens (including phenoxy) is 1. The van der Waals surface area contributed by atoms with Gasteiger partial charge in [0.05, 0.1) is 18.1 Å². The van der Waals surface area contributed by atoms with Gasteiger partial charge in [0.15, 0.2) is 0 Å². The predicted octanol–water partition coefficient (Wildman–Crippen LogP) is 0.445. The smallest absolute Gasteiger partial charge is 0.324 e. The molecule has 1 rings (SSSR count). The first kappa shape index (κ1) is 17.4. The van der Waals surface area contributed by atoms with E-state index in [1.54, 1.807) is 0 Å². The highest BCUT2D eigenvalue weighted by molar-refractivity contribution is 7.89. The Hall–Kier alpha value is -1.64. The van der Waals surface area contributed by atoms with Crippen molar-refractivity contribution in [1.82, 2.24) is 4.72 Å². The van der Waals surface area contributed by atoms with Gasteiger partial charge in [-0.2, -0.15) is 4.72 Å². The summed E-state index contributed by atoms with van der Waals surface area (Å²) in [6.07, 6.45) is 0. The van der Waals surface area contributed by atoms with Crippen molar-refractivity contribution in [3.8, 4) is 5.75 Å². The number of aliphatic hydroxyl groups is 1. The first-order chi connectivity index (χ1) is 9.76. The van der Waals surface area contributed by atoms with Crippen LogP contribution in [0.4, 0.5) is 0 Å². The number of hydrogen-bond acceptors (Lipinski definition) is 5. The van der Waals surface area contributed by atoms with Crippen LogP contribution in [-0.2, 0) is 14.8 Å². The summed E-state index contributed by atoms with van der Waals surface area (Å²) in [7, 11) is -4.01. The minimum atomic E-state index is -4.01. The maximum atomic E-state index is 12.0. The van der Waals surface area contributed by atoms with Crippen LogP contribution in [-0.4, -0.2) is 43.9 Å². The van der Waals surface area contributed by atoms with Gasteiger partial charge in [0.25, 0.3) is 0 Å². The fourth-order valence-electron chi connectivity index (χ4n) is 1.40. The van der Waals surface area contributed by atoms with Crippen molar-refractivity contribution in [3.63, 3.8) is 0 Å². The number of benzene rings is 1. The number of carboxylic acids is 1. The van der Waals surface area contributed by atoms with Crippen LogP contribution in [0, 0.1) is 5.92 Å². The van der Waals surface area contributed by atoms with Crippen LogP contribution in [0.2, 0.25) is 0 Å². The summed E-state index contributed by atoms with van der Waals surface area (Å²) >= 11 is 0. The lowest BCUT2D eigenvalue weighted by molar-refractivity contribution is -0.139. The molecule has 0 heterocycles. The Morgan fingerprint density at radius 2 is 1.86 bits per heavy atom. The second-order valence-corrected chi connectivity index (χ2v) is 6.58. The molecule has 1 aromatic rings. The third kappa shape index (κ3) is 5.33. The van der Waals surface area contributed by atoms with Gasteiger partial charge in [-0.15, -0.1) is 0 Å². The molecule has 0 aromatic heterocycles. The summed E-state index contributed by atoms with van der Waals surface area (Å²) in [5, 5.41) is 17.6. The molecule has 21 heavy (non-hydrogen) atoms. The molecule has 0 aliphatic carbocycles. The number of hydrogen-bond donors (Lipinski definition) is 3. The van der Waals surface area contributed by atoms with E-state index in [4.69, 9.17) is 14.9 Å². The van der Waals surface area contributed by atoms with Crippen molar-refractivity contribution in [1.29, 1.82) is 0 Å². The van der Waals surface area contributed by atoms with E-state index < -0.39 is 28.6 Å². The Labute approximate surface area is 123 Å². The molecule has 0 fully saturated rings. The normalized spacial score (nSPS) is 13.1. The number of carbonyl (C=O) groups is 1. The first-order valence-corrected chi connectivity index (χ1v) is 7.83. The molecule has 0 saturated heterocycles. The largest absolute Gasteiger partial charge is 0.493 e. The van der Waals surface area contributed by atoms with Gasteiger partial charge >= 0.3 is 5.97 Å². The van der Waals surface area contributed by atoms with Crippen LogP contribution in [0.1, 0.15) is 13.8 Å². The Kier molecular flexibility index (Phi) is 6.13. The second kappa shape index (κ2) is 7.39. The Balaban J connectivity index is 2.82. The lowest BCUT2D eigenvalue weighted by Gasteiger charge is -2.13. The van der Waals surface area contributed by atoms with Gasteiger partial charge in [0.2, 0.25) is 10.0 Å². The Morgan fingerprint density at radius 3 is 2.29 bits per heavy atom. The van der Waals surface area contributed by atoms with E-state index in [0.717, 1.165) is 0 Å². The quantitative estimate of drug-likeness (QED) is 0.641. The number of aliphatic hydroxyl groups excluding tert-OH is 1. The van der Waals surface area contributed by atoms with Gasteiger partial charge in [-0.25, -0.2) is 8.42 Å². The van der Waals surface area contributed by atoms with Crippen LogP contribution in [0.3, 0.4) is 0 Å². The van der Waals surface area contributed by atoms with E-state index in [1.807, 2.05) is 18.6 Å². The third-order valence-corrected chi connectivity index (χ3v) is 3.98. The van der Waals surface area contributed by atoms with Gasteiger partial charge in [-0.3, -0.25) is 4.79 Å². The Morgan fingerprint density at radius 1 is 1.29 bits per heavy atom. The van der Waals surface area contributed by atoms with Crippen LogP contribution >= 0.6 is 0 Å². The van der Waals surface area contributed by atoms with E-state index in [2.05, 4.69) is 0 Å². The molecule has 118 valence electrons. The summed E-state index contributed by atoms with van der Waals surface area (Å²) < 4.78 is 31.3. The first-order valence-electron chi connectivity index (χ1n) is 6.35. The number of aliphatic carboxylic acids is 1. The van der Waals surface area contributed by atoms with Crippen molar-refractivity contribution in [3.05, 3.63) is 24.3 Å². The molecule has 1 aromatic carbocycles. The summed E-state index contributed by atoms with van der Waals surface area (Å²) in [5.74, 6) is -0.575. The topological polar surface area (TPSA) is 113 Å².